The fourth-order valence-corrected chi connectivity index (χ4v) is 5.17. The van der Waals surface area contributed by atoms with Gasteiger partial charge in [-0.3, -0.25) is 9.52 Å². The number of fused-ring (bicyclic) bond motifs is 1. The van der Waals surface area contributed by atoms with E-state index in [2.05, 4.69) is 30.3 Å². The third-order valence-corrected chi connectivity index (χ3v) is 6.92. The van der Waals surface area contributed by atoms with Gasteiger partial charge in [0.15, 0.2) is 15.0 Å². The van der Waals surface area contributed by atoms with Crippen LogP contribution in [0.1, 0.15) is 12.6 Å². The van der Waals surface area contributed by atoms with E-state index >= 15 is 0 Å². The van der Waals surface area contributed by atoms with Crippen LogP contribution in [-0.2, 0) is 14.8 Å². The second-order valence-electron chi connectivity index (χ2n) is 6.11. The van der Waals surface area contributed by atoms with Gasteiger partial charge >= 0.3 is 0 Å². The first-order valence-corrected chi connectivity index (χ1v) is 10.7. The molecule has 2 N–H and O–H groups in total. The van der Waals surface area contributed by atoms with Gasteiger partial charge in [0, 0.05) is 18.2 Å². The molecule has 148 valence electrons. The number of nitrogens with one attached hydrogen (secondary N) is 2. The molecule has 0 radical (unpaired) electrons. The highest BCUT2D eigenvalue weighted by Crippen LogP contribution is 2.29. The first-order chi connectivity index (χ1) is 13.8. The average Bonchev–Trinajstić information content (AvgIpc) is 3.27. The number of anilines is 2. The van der Waals surface area contributed by atoms with Gasteiger partial charge < -0.3 is 5.32 Å². The summed E-state index contributed by atoms with van der Waals surface area (Å²) in [5.74, 6) is -0.319. The van der Waals surface area contributed by atoms with E-state index in [0.717, 1.165) is 16.9 Å². The van der Waals surface area contributed by atoms with Crippen molar-refractivity contribution in [3.8, 4) is 11.3 Å². The molecule has 0 aliphatic carbocycles. The fourth-order valence-electron chi connectivity index (χ4n) is 2.66. The summed E-state index contributed by atoms with van der Waals surface area (Å²) in [6.45, 7) is 2.91. The number of thiazole rings is 1. The second-order valence-corrected chi connectivity index (χ2v) is 8.99. The van der Waals surface area contributed by atoms with E-state index in [9.17, 15) is 13.2 Å². The molecule has 0 saturated carbocycles. The maximum Gasteiger partial charge on any atom is 0.273 e. The molecule has 1 aromatic carbocycles. The molecular formula is C17H15N7O3S2. The minimum absolute atomic E-state index is 0.0377. The molecule has 3 aromatic heterocycles. The van der Waals surface area contributed by atoms with Crippen molar-refractivity contribution in [2.24, 2.45) is 0 Å². The number of benzene rings is 1. The van der Waals surface area contributed by atoms with Crippen molar-refractivity contribution < 1.29 is 13.2 Å². The number of aromatic nitrogens is 5. The van der Waals surface area contributed by atoms with Crippen molar-refractivity contribution in [1.82, 2.24) is 24.8 Å². The number of nitrogens with zero attached hydrogens (tertiary/aromatic N) is 5. The van der Waals surface area contributed by atoms with E-state index < -0.39 is 10.0 Å². The van der Waals surface area contributed by atoms with Gasteiger partial charge in [-0.05, 0) is 31.2 Å². The van der Waals surface area contributed by atoms with Crippen LogP contribution in [0.2, 0.25) is 0 Å². The summed E-state index contributed by atoms with van der Waals surface area (Å²) < 4.78 is 29.8. The number of hydrogen-bond acceptors (Lipinski definition) is 8. The van der Waals surface area contributed by atoms with E-state index in [1.807, 2.05) is 6.07 Å². The van der Waals surface area contributed by atoms with Crippen LogP contribution in [0.4, 0.5) is 10.8 Å². The Kier molecular flexibility index (Phi) is 4.72. The predicted octanol–water partition coefficient (Wildman–Crippen LogP) is 2.32. The number of rotatable bonds is 5. The van der Waals surface area contributed by atoms with Crippen LogP contribution >= 0.6 is 11.3 Å². The van der Waals surface area contributed by atoms with Crippen LogP contribution < -0.4 is 10.0 Å². The molecular weight excluding hydrogens is 414 g/mol. The van der Waals surface area contributed by atoms with Crippen LogP contribution in [0, 0.1) is 6.92 Å². The lowest BCUT2D eigenvalue weighted by molar-refractivity contribution is -0.114. The zero-order valence-electron chi connectivity index (χ0n) is 15.3. The molecule has 4 rings (SSSR count). The molecule has 0 saturated heterocycles. The highest BCUT2D eigenvalue weighted by atomic mass is 32.2. The van der Waals surface area contributed by atoms with Crippen LogP contribution in [0.3, 0.4) is 0 Å². The highest BCUT2D eigenvalue weighted by Gasteiger charge is 2.22. The van der Waals surface area contributed by atoms with Gasteiger partial charge in [-0.15, -0.1) is 10.2 Å². The SMILES string of the molecule is CC(=O)Nc1nc(C)c(S(=O)(=O)Nc2cccc(-c3ccc4nncn4n3)c2)s1. The largest absolute Gasteiger partial charge is 0.302 e. The Labute approximate surface area is 169 Å². The Morgan fingerprint density at radius 1 is 1.21 bits per heavy atom. The molecule has 1 amide bonds. The third kappa shape index (κ3) is 3.93. The first kappa shape index (κ1) is 19.0. The zero-order valence-corrected chi connectivity index (χ0v) is 17.0. The number of hydrogen-bond donors (Lipinski definition) is 2. The van der Waals surface area contributed by atoms with Crippen LogP contribution in [-0.4, -0.2) is 39.1 Å². The molecule has 0 spiro atoms. The molecule has 10 nitrogen and oxygen atoms in total. The maximum absolute atomic E-state index is 12.8. The second kappa shape index (κ2) is 7.22. The Hall–Kier alpha value is -3.38. The minimum Gasteiger partial charge on any atom is -0.302 e. The Bertz CT molecular complexity index is 1330. The molecule has 0 aliphatic rings. The third-order valence-electron chi connectivity index (χ3n) is 3.85. The van der Waals surface area contributed by atoms with E-state index in [0.29, 0.717) is 22.7 Å². The number of amides is 1. The van der Waals surface area contributed by atoms with E-state index in [1.54, 1.807) is 37.3 Å². The number of aryl methyl sites for hydroxylation is 1. The monoisotopic (exact) mass is 429 g/mol. The van der Waals surface area contributed by atoms with Crippen LogP contribution in [0.25, 0.3) is 16.9 Å². The summed E-state index contributed by atoms with van der Waals surface area (Å²) in [6.07, 6.45) is 1.49. The predicted molar refractivity (Wildman–Crippen MR) is 108 cm³/mol. The minimum atomic E-state index is -3.87. The van der Waals surface area contributed by atoms with Gasteiger partial charge in [0.05, 0.1) is 11.4 Å². The molecule has 12 heteroatoms. The van der Waals surface area contributed by atoms with Gasteiger partial charge in [0.2, 0.25) is 5.91 Å². The molecule has 0 unspecified atom stereocenters. The standard InChI is InChI=1S/C17H15N7O3S2/c1-10-16(28-17(19-10)20-11(2)25)29(26,27)23-13-5-3-4-12(8-13)14-6-7-15-21-18-9-24(15)22-14/h3-9,23H,1-2H3,(H,19,20,25). The lowest BCUT2D eigenvalue weighted by atomic mass is 10.1. The average molecular weight is 429 g/mol. The lowest BCUT2D eigenvalue weighted by Crippen LogP contribution is -2.12. The van der Waals surface area contributed by atoms with E-state index in [4.69, 9.17) is 0 Å². The van der Waals surface area contributed by atoms with Crippen molar-refractivity contribution >= 4 is 43.7 Å². The topological polar surface area (TPSA) is 131 Å². The van der Waals surface area contributed by atoms with Gasteiger partial charge in [-0.1, -0.05) is 23.5 Å². The van der Waals surface area contributed by atoms with Crippen LogP contribution in [0.5, 0.6) is 0 Å². The van der Waals surface area contributed by atoms with E-state index in [-0.39, 0.29) is 15.2 Å². The summed E-state index contributed by atoms with van der Waals surface area (Å²) in [7, 11) is -3.87. The van der Waals surface area contributed by atoms with E-state index in [1.165, 1.54) is 17.8 Å². The van der Waals surface area contributed by atoms with Gasteiger partial charge in [0.25, 0.3) is 10.0 Å². The fraction of sp³-hybridized carbons (Fsp3) is 0.118. The van der Waals surface area contributed by atoms with Crippen molar-refractivity contribution in [1.29, 1.82) is 0 Å². The summed E-state index contributed by atoms with van der Waals surface area (Å²) in [4.78, 5) is 15.3. The normalized spacial score (nSPS) is 11.5. The number of carbonyl (C=O) groups excluding carboxylic acids is 1. The highest BCUT2D eigenvalue weighted by molar-refractivity contribution is 7.94. The van der Waals surface area contributed by atoms with Gasteiger partial charge in [-0.2, -0.15) is 9.61 Å². The van der Waals surface area contributed by atoms with Gasteiger partial charge in [-0.25, -0.2) is 13.4 Å². The molecule has 0 fully saturated rings. The molecule has 3 heterocycles. The van der Waals surface area contributed by atoms with Crippen LogP contribution in [0.15, 0.2) is 46.9 Å². The molecule has 0 bridgehead atoms. The van der Waals surface area contributed by atoms with Gasteiger partial charge in [0.1, 0.15) is 6.33 Å². The lowest BCUT2D eigenvalue weighted by Gasteiger charge is -2.08. The summed E-state index contributed by atoms with van der Waals surface area (Å²) in [5.41, 5.74) is 2.66. The Balaban J connectivity index is 1.63. The molecule has 0 atom stereocenters. The maximum atomic E-state index is 12.8. The molecule has 4 aromatic rings. The number of carbonyl (C=O) groups is 1. The quantitative estimate of drug-likeness (QED) is 0.498. The van der Waals surface area contributed by atoms with Crippen molar-refractivity contribution in [3.05, 3.63) is 48.4 Å². The Morgan fingerprint density at radius 2 is 2.03 bits per heavy atom. The zero-order chi connectivity index (χ0) is 20.6. The summed E-state index contributed by atoms with van der Waals surface area (Å²) in [5, 5.41) is 14.8. The van der Waals surface area contributed by atoms with Crippen molar-refractivity contribution in [3.63, 3.8) is 0 Å². The number of sulfonamides is 1. The smallest absolute Gasteiger partial charge is 0.273 e. The summed E-state index contributed by atoms with van der Waals surface area (Å²) >= 11 is 0.894. The summed E-state index contributed by atoms with van der Waals surface area (Å²) in [6, 6.07) is 10.4. The Morgan fingerprint density at radius 3 is 2.83 bits per heavy atom. The molecule has 0 aliphatic heterocycles. The van der Waals surface area contributed by atoms with Crippen molar-refractivity contribution in [2.45, 2.75) is 18.1 Å². The molecule has 29 heavy (non-hydrogen) atoms. The van der Waals surface area contributed by atoms with Crippen molar-refractivity contribution in [2.75, 3.05) is 10.0 Å². The first-order valence-electron chi connectivity index (χ1n) is 8.37.